The van der Waals surface area contributed by atoms with Crippen molar-refractivity contribution in [2.75, 3.05) is 13.1 Å². The SMILES string of the molecule is [2H]C([2H])(OC(=O)CCCCCCC/C=C\C/C=C\CCCCC)C([2H])(O)C([2H])([2H])OC(=O)CCCCCCC/C=C\C/C=C\CCCCC. The molecule has 0 unspecified atom stereocenters. The molecule has 0 atom stereocenters. The molecule has 0 radical (unpaired) electrons. The quantitative estimate of drug-likeness (QED) is 0.0459. The lowest BCUT2D eigenvalue weighted by Gasteiger charge is -2.12. The standard InChI is InChI=1S/C39H68O5/c1-3-5-7-9-11-13-15-17-19-21-23-25-27-29-31-33-38(41)43-35-37(40)36-44-39(42)34-32-30-28-26-24-22-20-18-16-14-12-10-8-6-4-2/h11-14,17-20,37,40H,3-10,15-16,21-36H2,1-2H3/b13-11-,14-12-,19-17-,20-18-/i35D2,36D2,37D. The molecule has 0 aliphatic carbocycles. The molecule has 0 aromatic carbocycles. The van der Waals surface area contributed by atoms with E-state index in [0.717, 1.165) is 89.9 Å². The van der Waals surface area contributed by atoms with Gasteiger partial charge < -0.3 is 14.6 Å². The van der Waals surface area contributed by atoms with E-state index in [-0.39, 0.29) is 12.8 Å². The van der Waals surface area contributed by atoms with E-state index in [0.29, 0.717) is 12.8 Å². The molecular weight excluding hydrogens is 548 g/mol. The van der Waals surface area contributed by atoms with E-state index in [1.165, 1.54) is 38.5 Å². The molecule has 0 bridgehead atoms. The highest BCUT2D eigenvalue weighted by Gasteiger charge is 2.12. The molecule has 5 heteroatoms. The van der Waals surface area contributed by atoms with Crippen LogP contribution in [0, 0.1) is 0 Å². The summed E-state index contributed by atoms with van der Waals surface area (Å²) in [7, 11) is 0. The molecular formula is C39H68O5. The number of hydrogen-bond acceptors (Lipinski definition) is 5. The Morgan fingerprint density at radius 2 is 0.864 bits per heavy atom. The Hall–Kier alpha value is -2.14. The molecule has 0 amide bonds. The number of rotatable bonds is 32. The summed E-state index contributed by atoms with van der Waals surface area (Å²) < 4.78 is 49.0. The fraction of sp³-hybridized carbons (Fsp3) is 0.744. The maximum atomic E-state index is 12.2. The molecule has 0 aromatic rings. The molecule has 44 heavy (non-hydrogen) atoms. The minimum absolute atomic E-state index is 0.129. The van der Waals surface area contributed by atoms with Gasteiger partial charge in [-0.3, -0.25) is 9.59 Å². The van der Waals surface area contributed by atoms with Crippen molar-refractivity contribution < 1.29 is 31.0 Å². The Morgan fingerprint density at radius 3 is 1.23 bits per heavy atom. The van der Waals surface area contributed by atoms with Crippen LogP contribution in [0.15, 0.2) is 48.6 Å². The Balaban J connectivity index is 4.17. The number of hydrogen-bond donors (Lipinski definition) is 1. The normalized spacial score (nSPS) is 14.7. The predicted molar refractivity (Wildman–Crippen MR) is 187 cm³/mol. The second-order valence-corrected chi connectivity index (χ2v) is 11.5. The Labute approximate surface area is 278 Å². The Kier molecular flexibility index (Phi) is 26.7. The molecule has 254 valence electrons. The van der Waals surface area contributed by atoms with Gasteiger partial charge in [0.05, 0.1) is 6.85 Å². The maximum Gasteiger partial charge on any atom is 0.305 e. The van der Waals surface area contributed by atoms with E-state index < -0.39 is 31.1 Å². The third kappa shape index (κ3) is 34.4. The molecule has 0 saturated carbocycles. The smallest absolute Gasteiger partial charge is 0.305 e. The van der Waals surface area contributed by atoms with Gasteiger partial charge in [-0.25, -0.2) is 0 Å². The first-order chi connectivity index (χ1) is 23.4. The van der Waals surface area contributed by atoms with Crippen LogP contribution in [0.2, 0.25) is 0 Å². The third-order valence-electron chi connectivity index (χ3n) is 7.19. The van der Waals surface area contributed by atoms with Gasteiger partial charge in [0.2, 0.25) is 0 Å². The summed E-state index contributed by atoms with van der Waals surface area (Å²) >= 11 is 0. The van der Waals surface area contributed by atoms with Crippen molar-refractivity contribution in [2.24, 2.45) is 0 Å². The molecule has 0 saturated heterocycles. The van der Waals surface area contributed by atoms with Crippen LogP contribution >= 0.6 is 0 Å². The van der Waals surface area contributed by atoms with E-state index >= 15 is 0 Å². The third-order valence-corrected chi connectivity index (χ3v) is 7.19. The summed E-state index contributed by atoms with van der Waals surface area (Å²) in [5, 5.41) is 10.4. The monoisotopic (exact) mass is 622 g/mol. The minimum atomic E-state index is -3.66. The van der Waals surface area contributed by atoms with E-state index in [2.05, 4.69) is 71.9 Å². The zero-order valence-electron chi connectivity index (χ0n) is 33.2. The molecule has 0 aliphatic rings. The van der Waals surface area contributed by atoms with Gasteiger partial charge in [0.1, 0.15) is 19.2 Å². The summed E-state index contributed by atoms with van der Waals surface area (Å²) in [6.45, 7) is -2.47. The average molecular weight is 622 g/mol. The maximum absolute atomic E-state index is 12.2. The van der Waals surface area contributed by atoms with Crippen LogP contribution in [0.3, 0.4) is 0 Å². The van der Waals surface area contributed by atoms with E-state index in [9.17, 15) is 14.7 Å². The fourth-order valence-electron chi connectivity index (χ4n) is 4.49. The molecule has 1 N–H and O–H groups in total. The fourth-order valence-corrected chi connectivity index (χ4v) is 4.49. The lowest BCUT2D eigenvalue weighted by molar-refractivity contribution is -0.152. The highest BCUT2D eigenvalue weighted by atomic mass is 16.6. The van der Waals surface area contributed by atoms with Gasteiger partial charge in [0, 0.05) is 12.8 Å². The number of carbonyl (C=O) groups excluding carboxylic acids is 2. The van der Waals surface area contributed by atoms with Gasteiger partial charge in [0.25, 0.3) is 0 Å². The van der Waals surface area contributed by atoms with Crippen LogP contribution in [0.1, 0.15) is 175 Å². The number of ether oxygens (including phenoxy) is 2. The lowest BCUT2D eigenvalue weighted by Crippen LogP contribution is -2.25. The van der Waals surface area contributed by atoms with Crippen molar-refractivity contribution in [1.29, 1.82) is 0 Å². The van der Waals surface area contributed by atoms with Crippen molar-refractivity contribution in [3.8, 4) is 0 Å². The second-order valence-electron chi connectivity index (χ2n) is 11.5. The number of carbonyl (C=O) groups is 2. The van der Waals surface area contributed by atoms with Gasteiger partial charge in [-0.2, -0.15) is 0 Å². The zero-order valence-corrected chi connectivity index (χ0v) is 28.2. The highest BCUT2D eigenvalue weighted by Crippen LogP contribution is 2.10. The number of aliphatic hydroxyl groups is 1. The largest absolute Gasteiger partial charge is 0.463 e. The van der Waals surface area contributed by atoms with Crippen molar-refractivity contribution in [3.05, 3.63) is 48.6 Å². The van der Waals surface area contributed by atoms with Crippen LogP contribution in [0.5, 0.6) is 0 Å². The molecule has 5 nitrogen and oxygen atoms in total. The summed E-state index contributed by atoms with van der Waals surface area (Å²) in [4.78, 5) is 24.5. The zero-order chi connectivity index (χ0) is 36.7. The summed E-state index contributed by atoms with van der Waals surface area (Å²) in [5.74, 6) is -1.98. The molecule has 0 heterocycles. The van der Waals surface area contributed by atoms with Gasteiger partial charge in [-0.1, -0.05) is 127 Å². The number of esters is 2. The number of unbranched alkanes of at least 4 members (excludes halogenated alkanes) is 16. The first kappa shape index (κ1) is 33.2. The molecule has 0 fully saturated rings. The lowest BCUT2D eigenvalue weighted by atomic mass is 10.1. The summed E-state index contributed by atoms with van der Waals surface area (Å²) in [6, 6.07) is 0. The van der Waals surface area contributed by atoms with Crippen molar-refractivity contribution in [2.45, 2.75) is 174 Å². The van der Waals surface area contributed by atoms with E-state index in [4.69, 9.17) is 6.85 Å². The molecule has 0 aromatic heterocycles. The van der Waals surface area contributed by atoms with Gasteiger partial charge in [-0.05, 0) is 77.0 Å². The predicted octanol–water partition coefficient (Wildman–Crippen LogP) is 11.1. The topological polar surface area (TPSA) is 72.8 Å². The van der Waals surface area contributed by atoms with Gasteiger partial charge in [0.15, 0.2) is 0 Å². The van der Waals surface area contributed by atoms with Crippen molar-refractivity contribution in [1.82, 2.24) is 0 Å². The number of allylic oxidation sites excluding steroid dienone is 8. The van der Waals surface area contributed by atoms with Crippen molar-refractivity contribution >= 4 is 11.9 Å². The highest BCUT2D eigenvalue weighted by molar-refractivity contribution is 5.69. The van der Waals surface area contributed by atoms with Crippen LogP contribution in [-0.2, 0) is 19.1 Å². The first-order valence-electron chi connectivity index (χ1n) is 20.2. The van der Waals surface area contributed by atoms with Crippen LogP contribution in [0.4, 0.5) is 0 Å². The Bertz CT molecular complexity index is 885. The molecule has 0 spiro atoms. The van der Waals surface area contributed by atoms with Crippen LogP contribution < -0.4 is 0 Å². The molecule has 0 aliphatic heterocycles. The Morgan fingerprint density at radius 1 is 0.545 bits per heavy atom. The van der Waals surface area contributed by atoms with Crippen molar-refractivity contribution in [3.63, 3.8) is 0 Å². The summed E-state index contributed by atoms with van der Waals surface area (Å²) in [6.07, 6.45) is 35.7. The van der Waals surface area contributed by atoms with E-state index in [1.54, 1.807) is 0 Å². The average Bonchev–Trinajstić information content (AvgIpc) is 3.04. The minimum Gasteiger partial charge on any atom is -0.463 e. The van der Waals surface area contributed by atoms with Gasteiger partial charge in [-0.15, -0.1) is 0 Å². The first-order valence-corrected chi connectivity index (χ1v) is 17.7. The summed E-state index contributed by atoms with van der Waals surface area (Å²) in [5.41, 5.74) is 0. The van der Waals surface area contributed by atoms with Crippen LogP contribution in [-0.4, -0.2) is 36.2 Å². The van der Waals surface area contributed by atoms with Crippen LogP contribution in [0.25, 0.3) is 0 Å². The van der Waals surface area contributed by atoms with E-state index in [1.807, 2.05) is 0 Å². The second kappa shape index (κ2) is 35.3. The van der Waals surface area contributed by atoms with Gasteiger partial charge >= 0.3 is 11.9 Å². The molecule has 0 rings (SSSR count).